The second kappa shape index (κ2) is 9.80. The van der Waals surface area contributed by atoms with Gasteiger partial charge in [-0.15, -0.1) is 0 Å². The van der Waals surface area contributed by atoms with Gasteiger partial charge in [0.25, 0.3) is 0 Å². The van der Waals surface area contributed by atoms with Crippen LogP contribution in [0.4, 0.5) is 5.13 Å². The van der Waals surface area contributed by atoms with Crippen LogP contribution in [0.2, 0.25) is 0 Å². The molecule has 0 aliphatic carbocycles. The third-order valence-electron chi connectivity index (χ3n) is 5.30. The van der Waals surface area contributed by atoms with Crippen molar-refractivity contribution in [1.29, 1.82) is 0 Å². The summed E-state index contributed by atoms with van der Waals surface area (Å²) >= 11 is 1.62. The van der Waals surface area contributed by atoms with Gasteiger partial charge in [-0.25, -0.2) is 4.98 Å². The second-order valence-electron chi connectivity index (χ2n) is 7.16. The standard InChI is InChI=1S/C23H29N3OS/c1-4-25(5-2)16-17-26(21(27)15-14-19-11-7-6-8-12-19)23-24-22-18(3)10-9-13-20(22)28-23/h6-13H,4-5,14-17H2,1-3H3/p+1. The highest BCUT2D eigenvalue weighted by Gasteiger charge is 2.21. The number of carbonyl (C=O) groups is 1. The molecule has 0 fully saturated rings. The van der Waals surface area contributed by atoms with Crippen LogP contribution < -0.4 is 9.80 Å². The van der Waals surface area contributed by atoms with Crippen LogP contribution in [0.15, 0.2) is 48.5 Å². The Labute approximate surface area is 171 Å². The van der Waals surface area contributed by atoms with Crippen LogP contribution >= 0.6 is 11.3 Å². The molecule has 148 valence electrons. The predicted molar refractivity (Wildman–Crippen MR) is 118 cm³/mol. The first-order valence-corrected chi connectivity index (χ1v) is 11.0. The number of benzene rings is 2. The van der Waals surface area contributed by atoms with Crippen molar-refractivity contribution < 1.29 is 9.69 Å². The second-order valence-corrected chi connectivity index (χ2v) is 8.17. The normalized spacial score (nSPS) is 11.3. The van der Waals surface area contributed by atoms with Crippen LogP contribution in [-0.4, -0.2) is 37.1 Å². The van der Waals surface area contributed by atoms with Gasteiger partial charge in [0, 0.05) is 6.42 Å². The third-order valence-corrected chi connectivity index (χ3v) is 6.34. The maximum atomic E-state index is 13.2. The average molecular weight is 397 g/mol. The van der Waals surface area contributed by atoms with Crippen molar-refractivity contribution in [3.05, 3.63) is 59.7 Å². The topological polar surface area (TPSA) is 37.6 Å². The molecular weight excluding hydrogens is 366 g/mol. The molecule has 4 nitrogen and oxygen atoms in total. The molecule has 0 aliphatic heterocycles. The van der Waals surface area contributed by atoms with E-state index in [2.05, 4.69) is 51.1 Å². The van der Waals surface area contributed by atoms with Crippen LogP contribution in [-0.2, 0) is 11.2 Å². The fourth-order valence-electron chi connectivity index (χ4n) is 3.42. The van der Waals surface area contributed by atoms with Gasteiger partial charge in [-0.3, -0.25) is 9.69 Å². The number of likely N-dealkylation sites (N-methyl/N-ethyl adjacent to an activating group) is 1. The predicted octanol–water partition coefficient (Wildman–Crippen LogP) is 3.50. The Bertz CT molecular complexity index is 903. The molecule has 0 spiro atoms. The number of rotatable bonds is 9. The highest BCUT2D eigenvalue weighted by Crippen LogP contribution is 2.30. The number of para-hydroxylation sites is 1. The van der Waals surface area contributed by atoms with Gasteiger partial charge in [-0.2, -0.15) is 0 Å². The summed E-state index contributed by atoms with van der Waals surface area (Å²) in [6.45, 7) is 10.3. The van der Waals surface area contributed by atoms with E-state index >= 15 is 0 Å². The summed E-state index contributed by atoms with van der Waals surface area (Å²) < 4.78 is 1.14. The number of hydrogen-bond acceptors (Lipinski definition) is 3. The maximum Gasteiger partial charge on any atom is 0.229 e. The van der Waals surface area contributed by atoms with Gasteiger partial charge < -0.3 is 4.90 Å². The van der Waals surface area contributed by atoms with Crippen LogP contribution in [0, 0.1) is 6.92 Å². The molecule has 1 aromatic heterocycles. The number of nitrogens with zero attached hydrogens (tertiary/aromatic N) is 2. The zero-order valence-corrected chi connectivity index (χ0v) is 17.9. The summed E-state index contributed by atoms with van der Waals surface area (Å²) in [5.74, 6) is 0.159. The Morgan fingerprint density at radius 1 is 1.07 bits per heavy atom. The minimum absolute atomic E-state index is 0.159. The van der Waals surface area contributed by atoms with Crippen LogP contribution in [0.3, 0.4) is 0 Å². The Hall–Kier alpha value is -2.24. The van der Waals surface area contributed by atoms with E-state index < -0.39 is 0 Å². The smallest absolute Gasteiger partial charge is 0.229 e. The molecule has 1 amide bonds. The molecule has 2 aromatic carbocycles. The van der Waals surface area contributed by atoms with Crippen molar-refractivity contribution >= 4 is 32.6 Å². The van der Waals surface area contributed by atoms with E-state index in [1.807, 2.05) is 23.1 Å². The first-order chi connectivity index (χ1) is 13.6. The summed E-state index contributed by atoms with van der Waals surface area (Å²) in [5.41, 5.74) is 3.37. The molecule has 0 radical (unpaired) electrons. The fourth-order valence-corrected chi connectivity index (χ4v) is 4.51. The molecule has 0 bridgehead atoms. The van der Waals surface area contributed by atoms with E-state index in [1.54, 1.807) is 11.3 Å². The molecule has 3 rings (SSSR count). The number of nitrogens with one attached hydrogen (secondary N) is 1. The van der Waals surface area contributed by atoms with Crippen LogP contribution in [0.1, 0.15) is 31.4 Å². The number of anilines is 1. The number of carbonyl (C=O) groups excluding carboxylic acids is 1. The molecule has 3 aromatic rings. The van der Waals surface area contributed by atoms with Gasteiger partial charge in [0.2, 0.25) is 5.91 Å². The van der Waals surface area contributed by atoms with E-state index in [0.717, 1.165) is 47.0 Å². The minimum atomic E-state index is 0.159. The first-order valence-electron chi connectivity index (χ1n) is 10.2. The lowest BCUT2D eigenvalue weighted by molar-refractivity contribution is -0.894. The van der Waals surface area contributed by atoms with Crippen molar-refractivity contribution in [2.24, 2.45) is 0 Å². The molecule has 0 saturated carbocycles. The molecule has 0 atom stereocenters. The number of fused-ring (bicyclic) bond motifs is 1. The molecule has 0 unspecified atom stereocenters. The molecule has 1 heterocycles. The minimum Gasteiger partial charge on any atom is -0.334 e. The quantitative estimate of drug-likeness (QED) is 0.601. The van der Waals surface area contributed by atoms with Crippen molar-refractivity contribution in [1.82, 2.24) is 4.98 Å². The number of aromatic nitrogens is 1. The number of quaternary nitrogens is 1. The summed E-state index contributed by atoms with van der Waals surface area (Å²) in [7, 11) is 0. The number of hydrogen-bond donors (Lipinski definition) is 1. The SMILES string of the molecule is CC[NH+](CC)CCN(C(=O)CCc1ccccc1)c1nc2c(C)cccc2s1. The van der Waals surface area contributed by atoms with Gasteiger partial charge in [0.05, 0.1) is 36.4 Å². The first kappa shape index (κ1) is 20.5. The van der Waals surface area contributed by atoms with Gasteiger partial charge in [0.15, 0.2) is 5.13 Å². The Balaban J connectivity index is 1.80. The van der Waals surface area contributed by atoms with E-state index in [0.29, 0.717) is 13.0 Å². The Morgan fingerprint density at radius 2 is 1.82 bits per heavy atom. The molecule has 1 N–H and O–H groups in total. The largest absolute Gasteiger partial charge is 0.334 e. The lowest BCUT2D eigenvalue weighted by atomic mass is 10.1. The highest BCUT2D eigenvalue weighted by atomic mass is 32.1. The molecular formula is C23H30N3OS+. The monoisotopic (exact) mass is 396 g/mol. The number of amides is 1. The van der Waals surface area contributed by atoms with Gasteiger partial charge in [-0.1, -0.05) is 53.8 Å². The Kier molecular flexibility index (Phi) is 7.18. The summed E-state index contributed by atoms with van der Waals surface area (Å²) in [5, 5.41) is 0.828. The van der Waals surface area contributed by atoms with Crippen LogP contribution in [0.5, 0.6) is 0 Å². The summed E-state index contributed by atoms with van der Waals surface area (Å²) in [4.78, 5) is 21.4. The third kappa shape index (κ3) is 4.97. The van der Waals surface area contributed by atoms with E-state index in [9.17, 15) is 4.79 Å². The Morgan fingerprint density at radius 3 is 2.50 bits per heavy atom. The maximum absolute atomic E-state index is 13.2. The van der Waals surface area contributed by atoms with Gasteiger partial charge in [-0.05, 0) is 44.4 Å². The summed E-state index contributed by atoms with van der Waals surface area (Å²) in [6.07, 6.45) is 1.27. The van der Waals surface area contributed by atoms with Crippen LogP contribution in [0.25, 0.3) is 10.2 Å². The molecule has 5 heteroatoms. The number of thiazole rings is 1. The fraction of sp³-hybridized carbons (Fsp3) is 0.391. The van der Waals surface area contributed by atoms with E-state index in [4.69, 9.17) is 4.98 Å². The van der Waals surface area contributed by atoms with E-state index in [1.165, 1.54) is 10.5 Å². The zero-order chi connectivity index (χ0) is 19.9. The van der Waals surface area contributed by atoms with Crippen molar-refractivity contribution in [3.63, 3.8) is 0 Å². The van der Waals surface area contributed by atoms with Gasteiger partial charge in [0.1, 0.15) is 0 Å². The van der Waals surface area contributed by atoms with Crippen molar-refractivity contribution in [3.8, 4) is 0 Å². The zero-order valence-electron chi connectivity index (χ0n) is 17.1. The van der Waals surface area contributed by atoms with Gasteiger partial charge >= 0.3 is 0 Å². The van der Waals surface area contributed by atoms with Crippen molar-refractivity contribution in [2.75, 3.05) is 31.1 Å². The molecule has 0 aliphatic rings. The average Bonchev–Trinajstić information content (AvgIpc) is 3.15. The number of aryl methyl sites for hydroxylation is 2. The van der Waals surface area contributed by atoms with E-state index in [-0.39, 0.29) is 5.91 Å². The highest BCUT2D eigenvalue weighted by molar-refractivity contribution is 7.22. The lowest BCUT2D eigenvalue weighted by Crippen LogP contribution is -3.12. The molecule has 28 heavy (non-hydrogen) atoms. The summed E-state index contributed by atoms with van der Waals surface area (Å²) in [6, 6.07) is 16.4. The lowest BCUT2D eigenvalue weighted by Gasteiger charge is -2.23. The molecule has 0 saturated heterocycles. The van der Waals surface area contributed by atoms with Crippen molar-refractivity contribution in [2.45, 2.75) is 33.6 Å².